The minimum atomic E-state index is -0.214. The topological polar surface area (TPSA) is 58.6 Å². The smallest absolute Gasteiger partial charge is 0.307 e. The summed E-state index contributed by atoms with van der Waals surface area (Å²) < 4.78 is 4.89. The van der Waals surface area contributed by atoms with Gasteiger partial charge in [-0.1, -0.05) is 6.92 Å². The molecule has 0 bridgehead atoms. The van der Waals surface area contributed by atoms with Crippen LogP contribution in [0, 0.1) is 0 Å². The van der Waals surface area contributed by atoms with Gasteiger partial charge < -0.3 is 10.1 Å². The zero-order valence-electron chi connectivity index (χ0n) is 11.3. The van der Waals surface area contributed by atoms with Gasteiger partial charge in [0.1, 0.15) is 0 Å². The highest BCUT2D eigenvalue weighted by atomic mass is 16.5. The molecule has 0 rings (SSSR count). The first-order valence-corrected chi connectivity index (χ1v) is 6.21. The molecule has 0 aromatic heterocycles. The van der Waals surface area contributed by atoms with E-state index in [0.717, 1.165) is 6.54 Å². The minimum Gasteiger partial charge on any atom is -0.466 e. The van der Waals surface area contributed by atoms with Crippen LogP contribution in [0.25, 0.3) is 0 Å². The highest BCUT2D eigenvalue weighted by molar-refractivity contribution is 5.78. The van der Waals surface area contributed by atoms with E-state index in [9.17, 15) is 9.59 Å². The third-order valence-electron chi connectivity index (χ3n) is 2.52. The predicted octanol–water partition coefficient (Wildman–Crippen LogP) is 0.786. The Morgan fingerprint density at radius 3 is 2.41 bits per heavy atom. The lowest BCUT2D eigenvalue weighted by Crippen LogP contribution is -2.42. The maximum atomic E-state index is 11.5. The summed E-state index contributed by atoms with van der Waals surface area (Å²) in [6, 6.07) is 0.0154. The third kappa shape index (κ3) is 6.94. The van der Waals surface area contributed by atoms with Crippen molar-refractivity contribution in [1.82, 2.24) is 10.2 Å². The SMILES string of the molecule is CCNC(=O)CN(CC)C(C)CC(=O)OCC. The third-order valence-corrected chi connectivity index (χ3v) is 2.52. The van der Waals surface area contributed by atoms with Crippen molar-refractivity contribution in [3.05, 3.63) is 0 Å². The Kier molecular flexibility index (Phi) is 8.40. The van der Waals surface area contributed by atoms with Crippen LogP contribution in [0.15, 0.2) is 0 Å². The van der Waals surface area contributed by atoms with Crippen LogP contribution in [0.2, 0.25) is 0 Å². The van der Waals surface area contributed by atoms with Crippen LogP contribution in [-0.2, 0) is 14.3 Å². The molecule has 100 valence electrons. The van der Waals surface area contributed by atoms with E-state index in [1.54, 1.807) is 6.92 Å². The Bertz CT molecular complexity index is 244. The van der Waals surface area contributed by atoms with Crippen LogP contribution in [0.4, 0.5) is 0 Å². The van der Waals surface area contributed by atoms with E-state index in [0.29, 0.717) is 26.1 Å². The van der Waals surface area contributed by atoms with Crippen LogP contribution >= 0.6 is 0 Å². The lowest BCUT2D eigenvalue weighted by molar-refractivity contribution is -0.144. The van der Waals surface area contributed by atoms with Crippen LogP contribution in [0.3, 0.4) is 0 Å². The van der Waals surface area contributed by atoms with E-state index in [1.807, 2.05) is 25.7 Å². The second kappa shape index (κ2) is 8.98. The summed E-state index contributed by atoms with van der Waals surface area (Å²) in [5.74, 6) is -0.223. The van der Waals surface area contributed by atoms with Gasteiger partial charge in [0.2, 0.25) is 5.91 Å². The van der Waals surface area contributed by atoms with E-state index in [-0.39, 0.29) is 17.9 Å². The molecule has 0 aliphatic heterocycles. The molecule has 0 saturated heterocycles. The number of amides is 1. The second-order valence-electron chi connectivity index (χ2n) is 3.87. The van der Waals surface area contributed by atoms with E-state index in [1.165, 1.54) is 0 Å². The summed E-state index contributed by atoms with van der Waals surface area (Å²) in [4.78, 5) is 24.8. The highest BCUT2D eigenvalue weighted by Gasteiger charge is 2.18. The summed E-state index contributed by atoms with van der Waals surface area (Å²) in [6.07, 6.45) is 0.321. The van der Waals surface area contributed by atoms with Crippen molar-refractivity contribution in [2.75, 3.05) is 26.2 Å². The van der Waals surface area contributed by atoms with Crippen molar-refractivity contribution in [3.8, 4) is 0 Å². The number of rotatable bonds is 8. The van der Waals surface area contributed by atoms with Crippen LogP contribution in [-0.4, -0.2) is 49.1 Å². The Morgan fingerprint density at radius 2 is 1.94 bits per heavy atom. The summed E-state index contributed by atoms with van der Waals surface area (Å²) in [7, 11) is 0. The normalized spacial score (nSPS) is 12.3. The van der Waals surface area contributed by atoms with E-state index >= 15 is 0 Å². The minimum absolute atomic E-state index is 0.00920. The van der Waals surface area contributed by atoms with Crippen molar-refractivity contribution >= 4 is 11.9 Å². The van der Waals surface area contributed by atoms with Gasteiger partial charge in [-0.25, -0.2) is 0 Å². The summed E-state index contributed by atoms with van der Waals surface area (Å²) >= 11 is 0. The first-order valence-electron chi connectivity index (χ1n) is 6.21. The fourth-order valence-electron chi connectivity index (χ4n) is 1.61. The Labute approximate surface area is 103 Å². The molecule has 0 radical (unpaired) electrons. The van der Waals surface area contributed by atoms with Gasteiger partial charge in [0.05, 0.1) is 19.6 Å². The first kappa shape index (κ1) is 15.9. The predicted molar refractivity (Wildman–Crippen MR) is 66.6 cm³/mol. The molecule has 0 spiro atoms. The number of nitrogens with zero attached hydrogens (tertiary/aromatic N) is 1. The quantitative estimate of drug-likeness (QED) is 0.641. The fourth-order valence-corrected chi connectivity index (χ4v) is 1.61. The van der Waals surface area contributed by atoms with Gasteiger partial charge in [0.25, 0.3) is 0 Å². The molecular formula is C12H24N2O3. The summed E-state index contributed by atoms with van der Waals surface area (Å²) in [6.45, 7) is 9.66. The zero-order chi connectivity index (χ0) is 13.3. The molecule has 0 heterocycles. The largest absolute Gasteiger partial charge is 0.466 e. The molecule has 5 nitrogen and oxygen atoms in total. The lowest BCUT2D eigenvalue weighted by Gasteiger charge is -2.26. The van der Waals surface area contributed by atoms with Crippen molar-refractivity contribution in [1.29, 1.82) is 0 Å². The number of likely N-dealkylation sites (N-methyl/N-ethyl adjacent to an activating group) is 2. The van der Waals surface area contributed by atoms with Gasteiger partial charge in [-0.05, 0) is 27.3 Å². The molecule has 0 saturated carbocycles. The lowest BCUT2D eigenvalue weighted by atomic mass is 10.2. The average molecular weight is 244 g/mol. The van der Waals surface area contributed by atoms with Crippen molar-refractivity contribution < 1.29 is 14.3 Å². The number of carbonyl (C=O) groups is 2. The molecular weight excluding hydrogens is 220 g/mol. The van der Waals surface area contributed by atoms with E-state index < -0.39 is 0 Å². The maximum absolute atomic E-state index is 11.5. The van der Waals surface area contributed by atoms with Crippen molar-refractivity contribution in [3.63, 3.8) is 0 Å². The standard InChI is InChI=1S/C12H24N2O3/c1-5-13-11(15)9-14(6-2)10(4)8-12(16)17-7-3/h10H,5-9H2,1-4H3,(H,13,15). The molecule has 17 heavy (non-hydrogen) atoms. The number of nitrogens with one attached hydrogen (secondary N) is 1. The number of carbonyl (C=O) groups excluding carboxylic acids is 2. The summed E-state index contributed by atoms with van der Waals surface area (Å²) in [5.41, 5.74) is 0. The second-order valence-corrected chi connectivity index (χ2v) is 3.87. The molecule has 0 aromatic carbocycles. The molecule has 0 aliphatic rings. The average Bonchev–Trinajstić information content (AvgIpc) is 2.26. The monoisotopic (exact) mass is 244 g/mol. The van der Waals surface area contributed by atoms with E-state index in [4.69, 9.17) is 4.74 Å². The Morgan fingerprint density at radius 1 is 1.29 bits per heavy atom. The van der Waals surface area contributed by atoms with Crippen molar-refractivity contribution in [2.24, 2.45) is 0 Å². The number of ether oxygens (including phenoxy) is 1. The summed E-state index contributed by atoms with van der Waals surface area (Å²) in [5, 5.41) is 2.75. The molecule has 1 unspecified atom stereocenters. The molecule has 0 aromatic rings. The molecule has 1 amide bonds. The molecule has 5 heteroatoms. The van der Waals surface area contributed by atoms with Gasteiger partial charge >= 0.3 is 5.97 Å². The van der Waals surface area contributed by atoms with Gasteiger partial charge in [0, 0.05) is 12.6 Å². The van der Waals surface area contributed by atoms with Crippen LogP contribution in [0.1, 0.15) is 34.1 Å². The number of esters is 1. The molecule has 0 aliphatic carbocycles. The highest BCUT2D eigenvalue weighted by Crippen LogP contribution is 2.04. The van der Waals surface area contributed by atoms with Gasteiger partial charge in [-0.3, -0.25) is 14.5 Å². The van der Waals surface area contributed by atoms with Crippen molar-refractivity contribution in [2.45, 2.75) is 40.2 Å². The molecule has 0 fully saturated rings. The number of hydrogen-bond acceptors (Lipinski definition) is 4. The van der Waals surface area contributed by atoms with Crippen LogP contribution < -0.4 is 5.32 Å². The zero-order valence-corrected chi connectivity index (χ0v) is 11.3. The Hall–Kier alpha value is -1.10. The Balaban J connectivity index is 4.15. The number of hydrogen-bond donors (Lipinski definition) is 1. The molecule has 1 atom stereocenters. The first-order chi connectivity index (χ1) is 8.04. The van der Waals surface area contributed by atoms with Gasteiger partial charge in [-0.2, -0.15) is 0 Å². The van der Waals surface area contributed by atoms with Gasteiger partial charge in [0.15, 0.2) is 0 Å². The van der Waals surface area contributed by atoms with Crippen LogP contribution in [0.5, 0.6) is 0 Å². The fraction of sp³-hybridized carbons (Fsp3) is 0.833. The van der Waals surface area contributed by atoms with E-state index in [2.05, 4.69) is 5.32 Å². The maximum Gasteiger partial charge on any atom is 0.307 e. The molecule has 1 N–H and O–H groups in total. The van der Waals surface area contributed by atoms with Gasteiger partial charge in [-0.15, -0.1) is 0 Å².